The summed E-state index contributed by atoms with van der Waals surface area (Å²) in [4.78, 5) is 26.0. The van der Waals surface area contributed by atoms with Crippen LogP contribution in [0.4, 0.5) is 0 Å². The summed E-state index contributed by atoms with van der Waals surface area (Å²) in [7, 11) is 0. The summed E-state index contributed by atoms with van der Waals surface area (Å²) in [5.74, 6) is -0.754. The fourth-order valence-corrected chi connectivity index (χ4v) is 2.32. The molecule has 0 aromatic carbocycles. The van der Waals surface area contributed by atoms with Gasteiger partial charge in [0.15, 0.2) is 0 Å². The number of amides is 1. The van der Waals surface area contributed by atoms with Crippen LogP contribution in [-0.2, 0) is 6.54 Å². The molecule has 0 atom stereocenters. The van der Waals surface area contributed by atoms with Crippen LogP contribution < -0.4 is 5.32 Å². The third-order valence-corrected chi connectivity index (χ3v) is 3.49. The number of aromatic nitrogens is 2. The number of nitrogens with one attached hydrogen (secondary N) is 2. The molecule has 112 valence electrons. The molecule has 7 nitrogen and oxygen atoms in total. The van der Waals surface area contributed by atoms with E-state index >= 15 is 0 Å². The van der Waals surface area contributed by atoms with Crippen molar-refractivity contribution in [2.24, 2.45) is 0 Å². The highest BCUT2D eigenvalue weighted by molar-refractivity contribution is 6.00. The molecule has 2 aromatic heterocycles. The summed E-state index contributed by atoms with van der Waals surface area (Å²) in [6, 6.07) is 0. The second-order valence-corrected chi connectivity index (χ2v) is 4.92. The number of carbonyl (C=O) groups is 2. The molecule has 1 amide bonds. The average Bonchev–Trinajstić information content (AvgIpc) is 2.88. The van der Waals surface area contributed by atoms with Crippen molar-refractivity contribution in [3.8, 4) is 0 Å². The van der Waals surface area contributed by atoms with Crippen LogP contribution >= 0.6 is 0 Å². The molecule has 0 saturated carbocycles. The van der Waals surface area contributed by atoms with Gasteiger partial charge in [0.1, 0.15) is 11.5 Å². The van der Waals surface area contributed by atoms with Crippen LogP contribution in [0.5, 0.6) is 0 Å². The summed E-state index contributed by atoms with van der Waals surface area (Å²) in [6.07, 6.45) is 0. The Morgan fingerprint density at radius 2 is 1.95 bits per heavy atom. The van der Waals surface area contributed by atoms with Crippen LogP contribution in [0.2, 0.25) is 0 Å². The summed E-state index contributed by atoms with van der Waals surface area (Å²) in [5, 5.41) is 15.6. The number of carboxylic acid groups (broad SMARTS) is 1. The predicted octanol–water partition coefficient (Wildman–Crippen LogP) is 1.86. The molecule has 3 N–H and O–H groups in total. The maximum atomic E-state index is 12.3. The summed E-state index contributed by atoms with van der Waals surface area (Å²) in [6.45, 7) is 7.14. The van der Waals surface area contributed by atoms with Crippen molar-refractivity contribution in [2.45, 2.75) is 34.2 Å². The molecule has 2 heterocycles. The van der Waals surface area contributed by atoms with Gasteiger partial charge in [0.25, 0.3) is 5.91 Å². The molecular formula is C14H17N3O4. The molecule has 0 saturated heterocycles. The number of aromatic amines is 1. The molecule has 0 bridgehead atoms. The second kappa shape index (κ2) is 5.43. The number of hydrogen-bond acceptors (Lipinski definition) is 4. The first-order valence-corrected chi connectivity index (χ1v) is 6.45. The van der Waals surface area contributed by atoms with Crippen LogP contribution in [-0.4, -0.2) is 27.1 Å². The fourth-order valence-electron chi connectivity index (χ4n) is 2.32. The van der Waals surface area contributed by atoms with Crippen molar-refractivity contribution >= 4 is 11.9 Å². The van der Waals surface area contributed by atoms with Gasteiger partial charge in [-0.05, 0) is 33.3 Å². The van der Waals surface area contributed by atoms with Gasteiger partial charge in [0, 0.05) is 17.8 Å². The third-order valence-electron chi connectivity index (χ3n) is 3.49. The lowest BCUT2D eigenvalue weighted by molar-refractivity contribution is 0.0690. The quantitative estimate of drug-likeness (QED) is 0.796. The average molecular weight is 291 g/mol. The summed E-state index contributed by atoms with van der Waals surface area (Å²) >= 11 is 0. The number of hydrogen-bond donors (Lipinski definition) is 3. The van der Waals surface area contributed by atoms with Gasteiger partial charge in [-0.3, -0.25) is 4.79 Å². The molecule has 0 aliphatic carbocycles. The van der Waals surface area contributed by atoms with Crippen molar-refractivity contribution in [3.63, 3.8) is 0 Å². The Hall–Kier alpha value is -2.57. The van der Waals surface area contributed by atoms with Gasteiger partial charge < -0.3 is 19.9 Å². The molecule has 0 aliphatic heterocycles. The third kappa shape index (κ3) is 2.67. The van der Waals surface area contributed by atoms with Crippen molar-refractivity contribution in [3.05, 3.63) is 39.5 Å². The van der Waals surface area contributed by atoms with Crippen LogP contribution in [0.3, 0.4) is 0 Å². The van der Waals surface area contributed by atoms with Gasteiger partial charge in [-0.1, -0.05) is 5.16 Å². The van der Waals surface area contributed by atoms with Gasteiger partial charge in [-0.25, -0.2) is 4.79 Å². The van der Waals surface area contributed by atoms with E-state index in [-0.39, 0.29) is 18.1 Å². The Labute approximate surface area is 121 Å². The molecule has 0 radical (unpaired) electrons. The molecule has 0 unspecified atom stereocenters. The topological polar surface area (TPSA) is 108 Å². The fraction of sp³-hybridized carbons (Fsp3) is 0.357. The molecule has 0 spiro atoms. The van der Waals surface area contributed by atoms with E-state index in [0.717, 1.165) is 11.3 Å². The number of nitrogens with zero attached hydrogens (tertiary/aromatic N) is 1. The number of carboxylic acids is 1. The van der Waals surface area contributed by atoms with E-state index in [1.54, 1.807) is 27.7 Å². The Bertz CT molecular complexity index is 693. The first-order chi connectivity index (χ1) is 9.82. The zero-order chi connectivity index (χ0) is 15.7. The minimum Gasteiger partial charge on any atom is -0.477 e. The van der Waals surface area contributed by atoms with Crippen molar-refractivity contribution < 1.29 is 19.2 Å². The van der Waals surface area contributed by atoms with Crippen molar-refractivity contribution in [1.29, 1.82) is 0 Å². The van der Waals surface area contributed by atoms with E-state index in [0.29, 0.717) is 22.6 Å². The smallest absolute Gasteiger partial charge is 0.352 e. The van der Waals surface area contributed by atoms with Crippen LogP contribution in [0, 0.1) is 27.7 Å². The van der Waals surface area contributed by atoms with Gasteiger partial charge in [-0.15, -0.1) is 0 Å². The van der Waals surface area contributed by atoms with E-state index in [2.05, 4.69) is 15.5 Å². The lowest BCUT2D eigenvalue weighted by atomic mass is 10.1. The Morgan fingerprint density at radius 3 is 2.43 bits per heavy atom. The van der Waals surface area contributed by atoms with Crippen LogP contribution in [0.1, 0.15) is 49.1 Å². The van der Waals surface area contributed by atoms with Gasteiger partial charge in [-0.2, -0.15) is 0 Å². The van der Waals surface area contributed by atoms with E-state index in [4.69, 9.17) is 9.63 Å². The van der Waals surface area contributed by atoms with Crippen molar-refractivity contribution in [1.82, 2.24) is 15.5 Å². The number of aromatic carboxylic acids is 1. The molecule has 2 rings (SSSR count). The van der Waals surface area contributed by atoms with Gasteiger partial charge >= 0.3 is 5.97 Å². The van der Waals surface area contributed by atoms with Crippen LogP contribution in [0.25, 0.3) is 0 Å². The number of rotatable bonds is 4. The van der Waals surface area contributed by atoms with E-state index in [1.165, 1.54) is 0 Å². The zero-order valence-electron chi connectivity index (χ0n) is 12.3. The Balaban J connectivity index is 2.20. The predicted molar refractivity (Wildman–Crippen MR) is 74.4 cm³/mol. The lowest BCUT2D eigenvalue weighted by Gasteiger charge is -2.05. The molecule has 7 heteroatoms. The van der Waals surface area contributed by atoms with E-state index in [9.17, 15) is 9.59 Å². The van der Waals surface area contributed by atoms with E-state index < -0.39 is 5.97 Å². The highest BCUT2D eigenvalue weighted by atomic mass is 16.5. The first-order valence-electron chi connectivity index (χ1n) is 6.45. The van der Waals surface area contributed by atoms with E-state index in [1.807, 2.05) is 0 Å². The molecule has 0 fully saturated rings. The standard InChI is InChI=1S/C14H17N3O4/c1-6-11(8(3)16-12(6)14(19)20)13(18)15-5-10-7(2)17-21-9(10)4/h16H,5H2,1-4H3,(H,15,18)(H,19,20). The summed E-state index contributed by atoms with van der Waals surface area (Å²) in [5.41, 5.74) is 2.90. The molecule has 0 aliphatic rings. The Kier molecular flexibility index (Phi) is 3.84. The first kappa shape index (κ1) is 14.8. The Morgan fingerprint density at radius 1 is 1.29 bits per heavy atom. The maximum Gasteiger partial charge on any atom is 0.352 e. The number of aryl methyl sites for hydroxylation is 3. The van der Waals surface area contributed by atoms with Gasteiger partial charge in [0.2, 0.25) is 0 Å². The monoisotopic (exact) mass is 291 g/mol. The van der Waals surface area contributed by atoms with Gasteiger partial charge in [0.05, 0.1) is 11.3 Å². The minimum atomic E-state index is -1.08. The highest BCUT2D eigenvalue weighted by Gasteiger charge is 2.21. The second-order valence-electron chi connectivity index (χ2n) is 4.92. The summed E-state index contributed by atoms with van der Waals surface area (Å²) < 4.78 is 5.03. The maximum absolute atomic E-state index is 12.3. The van der Waals surface area contributed by atoms with Crippen molar-refractivity contribution in [2.75, 3.05) is 0 Å². The zero-order valence-corrected chi connectivity index (χ0v) is 12.3. The highest BCUT2D eigenvalue weighted by Crippen LogP contribution is 2.18. The normalized spacial score (nSPS) is 10.7. The molecular weight excluding hydrogens is 274 g/mol. The molecule has 21 heavy (non-hydrogen) atoms. The van der Waals surface area contributed by atoms with Crippen LogP contribution in [0.15, 0.2) is 4.52 Å². The lowest BCUT2D eigenvalue weighted by Crippen LogP contribution is -2.24. The SMILES string of the molecule is Cc1noc(C)c1CNC(=O)c1c(C)[nH]c(C(=O)O)c1C. The minimum absolute atomic E-state index is 0.0370. The number of H-pyrrole nitrogens is 1. The largest absolute Gasteiger partial charge is 0.477 e. The number of carbonyl (C=O) groups excluding carboxylic acids is 1. The molecule has 2 aromatic rings.